The molecule has 2 rings (SSSR count). The summed E-state index contributed by atoms with van der Waals surface area (Å²) in [6.07, 6.45) is 2.02. The van der Waals surface area contributed by atoms with Crippen LogP contribution in [0.15, 0.2) is 12.1 Å². The number of fused-ring (bicyclic) bond motifs is 1. The largest absolute Gasteiger partial charge is 0.421 e. The van der Waals surface area contributed by atoms with Crippen LogP contribution in [0.4, 0.5) is 5.69 Å². The Kier molecular flexibility index (Phi) is 3.65. The molecule has 0 bridgehead atoms. The third-order valence-corrected chi connectivity index (χ3v) is 4.28. The average molecular weight is 270 g/mol. The van der Waals surface area contributed by atoms with Crippen molar-refractivity contribution in [2.75, 3.05) is 17.2 Å². The lowest BCUT2D eigenvalue weighted by Crippen LogP contribution is -2.35. The summed E-state index contributed by atoms with van der Waals surface area (Å²) in [6, 6.07) is 4.34. The van der Waals surface area contributed by atoms with Crippen LogP contribution < -0.4 is 4.81 Å². The number of halogens is 2. The van der Waals surface area contributed by atoms with Crippen LogP contribution >= 0.6 is 23.2 Å². The SMILES string of the molecule is BN1CCC(C)(C)c2cc(CCCl)c(Cl)cc21. The van der Waals surface area contributed by atoms with E-state index in [9.17, 15) is 0 Å². The van der Waals surface area contributed by atoms with E-state index in [1.54, 1.807) is 0 Å². The van der Waals surface area contributed by atoms with Gasteiger partial charge in [-0.15, -0.1) is 11.6 Å². The predicted molar refractivity (Wildman–Crippen MR) is 79.4 cm³/mol. The number of hydrogen-bond acceptors (Lipinski definition) is 1. The van der Waals surface area contributed by atoms with Crippen LogP contribution in [0.1, 0.15) is 31.4 Å². The van der Waals surface area contributed by atoms with Gasteiger partial charge in [0.05, 0.1) is 0 Å². The summed E-state index contributed by atoms with van der Waals surface area (Å²) in [7, 11) is 2.13. The van der Waals surface area contributed by atoms with Gasteiger partial charge in [-0.1, -0.05) is 31.5 Å². The lowest BCUT2D eigenvalue weighted by Gasteiger charge is -2.39. The van der Waals surface area contributed by atoms with Crippen LogP contribution in [-0.4, -0.2) is 20.4 Å². The van der Waals surface area contributed by atoms with Crippen molar-refractivity contribution >= 4 is 36.9 Å². The molecule has 1 aromatic carbocycles. The summed E-state index contributed by atoms with van der Waals surface area (Å²) >= 11 is 12.1. The molecular formula is C13H18BCl2N. The molecule has 0 fully saturated rings. The molecule has 0 N–H and O–H groups in total. The Hall–Kier alpha value is -0.335. The number of aryl methyl sites for hydroxylation is 1. The first kappa shape index (κ1) is 13.1. The maximum Gasteiger partial charge on any atom is 0.217 e. The quantitative estimate of drug-likeness (QED) is 0.589. The summed E-state index contributed by atoms with van der Waals surface area (Å²) in [5.74, 6) is 0.620. The Bertz CT molecular complexity index is 432. The minimum Gasteiger partial charge on any atom is -0.421 e. The molecule has 1 nitrogen and oxygen atoms in total. The third-order valence-electron chi connectivity index (χ3n) is 3.74. The predicted octanol–water partition coefficient (Wildman–Crippen LogP) is 3.16. The van der Waals surface area contributed by atoms with Crippen molar-refractivity contribution in [1.29, 1.82) is 0 Å². The molecule has 0 radical (unpaired) electrons. The second-order valence-corrected chi connectivity index (χ2v) is 6.24. The summed E-state index contributed by atoms with van der Waals surface area (Å²) < 4.78 is 0. The lowest BCUT2D eigenvalue weighted by atomic mass is 9.76. The molecule has 0 amide bonds. The van der Waals surface area contributed by atoms with Gasteiger partial charge in [0, 0.05) is 23.1 Å². The van der Waals surface area contributed by atoms with Gasteiger partial charge in [0.25, 0.3) is 0 Å². The molecule has 1 heterocycles. The minimum atomic E-state index is 0.230. The fourth-order valence-electron chi connectivity index (χ4n) is 2.46. The van der Waals surface area contributed by atoms with E-state index in [0.717, 1.165) is 18.0 Å². The lowest BCUT2D eigenvalue weighted by molar-refractivity contribution is 0.471. The molecule has 1 aliphatic rings. The van der Waals surface area contributed by atoms with Crippen molar-refractivity contribution in [3.8, 4) is 0 Å². The molecule has 1 aromatic rings. The highest BCUT2D eigenvalue weighted by atomic mass is 35.5. The van der Waals surface area contributed by atoms with Gasteiger partial charge in [0.2, 0.25) is 7.98 Å². The van der Waals surface area contributed by atoms with E-state index in [-0.39, 0.29) is 5.41 Å². The molecule has 0 spiro atoms. The summed E-state index contributed by atoms with van der Waals surface area (Å²) in [5.41, 5.74) is 4.07. The van der Waals surface area contributed by atoms with E-state index in [4.69, 9.17) is 23.2 Å². The Morgan fingerprint density at radius 3 is 2.76 bits per heavy atom. The van der Waals surface area contributed by atoms with Crippen LogP contribution in [0.2, 0.25) is 5.02 Å². The Labute approximate surface area is 115 Å². The van der Waals surface area contributed by atoms with Gasteiger partial charge < -0.3 is 4.81 Å². The van der Waals surface area contributed by atoms with E-state index in [1.165, 1.54) is 23.2 Å². The topological polar surface area (TPSA) is 3.24 Å². The number of hydrogen-bond donors (Lipinski definition) is 0. The molecule has 1 aliphatic heterocycles. The Morgan fingerprint density at radius 1 is 1.41 bits per heavy atom. The van der Waals surface area contributed by atoms with Crippen LogP contribution in [-0.2, 0) is 11.8 Å². The number of benzene rings is 1. The van der Waals surface area contributed by atoms with Gasteiger partial charge in [-0.25, -0.2) is 0 Å². The average Bonchev–Trinajstić information content (AvgIpc) is 2.27. The highest BCUT2D eigenvalue weighted by Gasteiger charge is 2.30. The fraction of sp³-hybridized carbons (Fsp3) is 0.538. The molecule has 0 aliphatic carbocycles. The molecule has 0 saturated carbocycles. The zero-order valence-electron chi connectivity index (χ0n) is 10.7. The van der Waals surface area contributed by atoms with E-state index >= 15 is 0 Å². The maximum absolute atomic E-state index is 6.31. The van der Waals surface area contributed by atoms with Crippen LogP contribution in [0, 0.1) is 0 Å². The van der Waals surface area contributed by atoms with E-state index < -0.39 is 0 Å². The summed E-state index contributed by atoms with van der Waals surface area (Å²) in [4.78, 5) is 2.29. The molecule has 0 unspecified atom stereocenters. The normalized spacial score (nSPS) is 18.0. The molecular weight excluding hydrogens is 252 g/mol. The van der Waals surface area contributed by atoms with Crippen molar-refractivity contribution in [2.24, 2.45) is 0 Å². The Morgan fingerprint density at radius 2 is 2.12 bits per heavy atom. The number of alkyl halides is 1. The summed E-state index contributed by atoms with van der Waals surface area (Å²) in [5, 5.41) is 0.842. The van der Waals surface area contributed by atoms with Crippen molar-refractivity contribution in [1.82, 2.24) is 0 Å². The zero-order valence-corrected chi connectivity index (χ0v) is 12.2. The zero-order chi connectivity index (χ0) is 12.6. The highest BCUT2D eigenvalue weighted by Crippen LogP contribution is 2.41. The first-order valence-corrected chi connectivity index (χ1v) is 6.97. The highest BCUT2D eigenvalue weighted by molar-refractivity contribution is 6.32. The standard InChI is InChI=1S/C13H18BCl2N/c1-13(2)4-6-17(14)12-8-11(16)9(3-5-15)7-10(12)13/h7-8H,3-6,14H2,1-2H3. The van der Waals surface area contributed by atoms with Crippen molar-refractivity contribution in [3.63, 3.8) is 0 Å². The van der Waals surface area contributed by atoms with E-state index in [0.29, 0.717) is 5.88 Å². The van der Waals surface area contributed by atoms with Gasteiger partial charge >= 0.3 is 0 Å². The second-order valence-electron chi connectivity index (χ2n) is 5.46. The Balaban J connectivity index is 2.54. The van der Waals surface area contributed by atoms with Crippen LogP contribution in [0.5, 0.6) is 0 Å². The van der Waals surface area contributed by atoms with Gasteiger partial charge in [0.1, 0.15) is 0 Å². The van der Waals surface area contributed by atoms with Crippen molar-refractivity contribution in [3.05, 3.63) is 28.3 Å². The number of anilines is 1. The third kappa shape index (κ3) is 2.43. The van der Waals surface area contributed by atoms with Crippen LogP contribution in [0.3, 0.4) is 0 Å². The fourth-order valence-corrected chi connectivity index (χ4v) is 2.92. The molecule has 0 aromatic heterocycles. The van der Waals surface area contributed by atoms with Crippen molar-refractivity contribution < 1.29 is 0 Å². The van der Waals surface area contributed by atoms with Gasteiger partial charge in [0.15, 0.2) is 0 Å². The van der Waals surface area contributed by atoms with Gasteiger partial charge in [-0.05, 0) is 35.4 Å². The first-order chi connectivity index (χ1) is 7.95. The van der Waals surface area contributed by atoms with Crippen molar-refractivity contribution in [2.45, 2.75) is 32.1 Å². The second kappa shape index (κ2) is 4.74. The van der Waals surface area contributed by atoms with E-state index in [1.807, 2.05) is 0 Å². The molecule has 92 valence electrons. The monoisotopic (exact) mass is 269 g/mol. The minimum absolute atomic E-state index is 0.230. The molecule has 0 atom stereocenters. The molecule has 0 saturated heterocycles. The number of rotatable bonds is 2. The van der Waals surface area contributed by atoms with E-state index in [2.05, 4.69) is 38.8 Å². The molecule has 17 heavy (non-hydrogen) atoms. The first-order valence-electron chi connectivity index (χ1n) is 6.06. The number of nitrogens with zero attached hydrogens (tertiary/aromatic N) is 1. The van der Waals surface area contributed by atoms with Crippen LogP contribution in [0.25, 0.3) is 0 Å². The smallest absolute Gasteiger partial charge is 0.217 e. The maximum atomic E-state index is 6.31. The van der Waals surface area contributed by atoms with Gasteiger partial charge in [-0.3, -0.25) is 0 Å². The molecule has 4 heteroatoms. The summed E-state index contributed by atoms with van der Waals surface area (Å²) in [6.45, 7) is 5.69. The van der Waals surface area contributed by atoms with Gasteiger partial charge in [-0.2, -0.15) is 0 Å².